The molecule has 5 nitrogen and oxygen atoms in total. The SMILES string of the molecule is CSc1ccc(-c2ccc(N3CC(CNC(=O)C4CC4)OC3=O)cc2F)cc1. The van der Waals surface area contributed by atoms with E-state index in [0.717, 1.165) is 23.3 Å². The highest BCUT2D eigenvalue weighted by atomic mass is 32.2. The average Bonchev–Trinajstić information content (AvgIpc) is 3.49. The smallest absolute Gasteiger partial charge is 0.414 e. The van der Waals surface area contributed by atoms with Crippen LogP contribution in [-0.2, 0) is 9.53 Å². The molecule has 0 aromatic heterocycles. The molecule has 1 N–H and O–H groups in total. The summed E-state index contributed by atoms with van der Waals surface area (Å²) in [4.78, 5) is 26.4. The summed E-state index contributed by atoms with van der Waals surface area (Å²) in [6.45, 7) is 0.560. The third-order valence-electron chi connectivity index (χ3n) is 4.99. The number of rotatable bonds is 6. The van der Waals surface area contributed by atoms with E-state index >= 15 is 0 Å². The van der Waals surface area contributed by atoms with Gasteiger partial charge in [0.1, 0.15) is 11.9 Å². The summed E-state index contributed by atoms with van der Waals surface area (Å²) in [6, 6.07) is 12.4. The van der Waals surface area contributed by atoms with E-state index in [-0.39, 0.29) is 24.9 Å². The Bertz CT molecular complexity index is 899. The molecule has 1 aliphatic carbocycles. The van der Waals surface area contributed by atoms with Gasteiger partial charge in [0.05, 0.1) is 18.8 Å². The van der Waals surface area contributed by atoms with Crippen molar-refractivity contribution in [2.24, 2.45) is 5.92 Å². The predicted molar refractivity (Wildman–Crippen MR) is 107 cm³/mol. The molecule has 4 rings (SSSR count). The molecule has 1 atom stereocenters. The zero-order valence-corrected chi connectivity index (χ0v) is 16.3. The topological polar surface area (TPSA) is 58.6 Å². The zero-order valence-electron chi connectivity index (χ0n) is 15.5. The maximum atomic E-state index is 14.7. The van der Waals surface area contributed by atoms with Crippen LogP contribution in [0.25, 0.3) is 11.1 Å². The van der Waals surface area contributed by atoms with Crippen LogP contribution in [0.4, 0.5) is 14.9 Å². The molecule has 1 saturated carbocycles. The first-order valence-electron chi connectivity index (χ1n) is 9.25. The second kappa shape index (κ2) is 7.83. The molecule has 1 aliphatic heterocycles. The number of carbonyl (C=O) groups is 2. The highest BCUT2D eigenvalue weighted by molar-refractivity contribution is 7.98. The Morgan fingerprint density at radius 1 is 1.25 bits per heavy atom. The molecule has 2 aromatic carbocycles. The van der Waals surface area contributed by atoms with Gasteiger partial charge in [0.25, 0.3) is 0 Å². The Morgan fingerprint density at radius 2 is 2.00 bits per heavy atom. The molecule has 28 heavy (non-hydrogen) atoms. The standard InChI is InChI=1S/C21H21FN2O3S/c1-28-17-7-4-13(5-8-17)18-9-6-15(10-19(18)22)24-12-16(27-21(24)26)11-23-20(25)14-2-3-14/h4-10,14,16H,2-3,11-12H2,1H3,(H,23,25). The van der Waals surface area contributed by atoms with Crippen molar-refractivity contribution in [2.45, 2.75) is 23.8 Å². The lowest BCUT2D eigenvalue weighted by Gasteiger charge is -2.15. The Labute approximate surface area is 167 Å². The fourth-order valence-corrected chi connectivity index (χ4v) is 3.63. The maximum absolute atomic E-state index is 14.7. The number of anilines is 1. The lowest BCUT2D eigenvalue weighted by atomic mass is 10.0. The number of thioether (sulfide) groups is 1. The van der Waals surface area contributed by atoms with E-state index in [1.54, 1.807) is 23.9 Å². The van der Waals surface area contributed by atoms with E-state index in [1.807, 2.05) is 30.5 Å². The Hall–Kier alpha value is -2.54. The number of hydrogen-bond donors (Lipinski definition) is 1. The number of hydrogen-bond acceptors (Lipinski definition) is 4. The van der Waals surface area contributed by atoms with Gasteiger partial charge >= 0.3 is 6.09 Å². The van der Waals surface area contributed by atoms with Crippen molar-refractivity contribution >= 4 is 29.4 Å². The van der Waals surface area contributed by atoms with Crippen molar-refractivity contribution in [3.05, 3.63) is 48.3 Å². The molecular weight excluding hydrogens is 379 g/mol. The van der Waals surface area contributed by atoms with Crippen molar-refractivity contribution in [3.63, 3.8) is 0 Å². The molecule has 2 aromatic rings. The number of amides is 2. The monoisotopic (exact) mass is 400 g/mol. The minimum absolute atomic E-state index is 0.0115. The van der Waals surface area contributed by atoms with E-state index < -0.39 is 18.0 Å². The number of cyclic esters (lactones) is 1. The highest BCUT2D eigenvalue weighted by Gasteiger charge is 2.35. The van der Waals surface area contributed by atoms with Crippen LogP contribution < -0.4 is 10.2 Å². The number of carbonyl (C=O) groups excluding carboxylic acids is 2. The quantitative estimate of drug-likeness (QED) is 0.743. The van der Waals surface area contributed by atoms with Crippen molar-refractivity contribution in [1.29, 1.82) is 0 Å². The number of benzene rings is 2. The summed E-state index contributed by atoms with van der Waals surface area (Å²) in [5.74, 6) is -0.273. The van der Waals surface area contributed by atoms with E-state index in [9.17, 15) is 14.0 Å². The van der Waals surface area contributed by atoms with E-state index in [2.05, 4.69) is 5.32 Å². The molecule has 2 aliphatic rings. The second-order valence-electron chi connectivity index (χ2n) is 7.03. The molecular formula is C21H21FN2O3S. The van der Waals surface area contributed by atoms with Gasteiger partial charge in [0, 0.05) is 16.4 Å². The molecule has 2 fully saturated rings. The van der Waals surface area contributed by atoms with Crippen LogP contribution in [0.2, 0.25) is 0 Å². The molecule has 1 saturated heterocycles. The number of nitrogens with one attached hydrogen (secondary N) is 1. The van der Waals surface area contributed by atoms with E-state index in [4.69, 9.17) is 4.74 Å². The van der Waals surface area contributed by atoms with Gasteiger partial charge in [-0.25, -0.2) is 9.18 Å². The molecule has 0 bridgehead atoms. The van der Waals surface area contributed by atoms with E-state index in [1.165, 1.54) is 11.0 Å². The minimum Gasteiger partial charge on any atom is -0.442 e. The van der Waals surface area contributed by atoms with Gasteiger partial charge in [-0.2, -0.15) is 0 Å². The zero-order chi connectivity index (χ0) is 19.7. The normalized spacial score (nSPS) is 18.9. The first kappa shape index (κ1) is 18.8. The van der Waals surface area contributed by atoms with Gasteiger partial charge in [0.2, 0.25) is 5.91 Å². The number of ether oxygens (including phenoxy) is 1. The Morgan fingerprint density at radius 3 is 2.64 bits per heavy atom. The summed E-state index contributed by atoms with van der Waals surface area (Å²) < 4.78 is 20.0. The molecule has 0 radical (unpaired) electrons. The summed E-state index contributed by atoms with van der Waals surface area (Å²) in [6.07, 6.45) is 2.88. The molecule has 2 amide bonds. The molecule has 1 unspecified atom stereocenters. The van der Waals surface area contributed by atoms with Crippen LogP contribution in [0.1, 0.15) is 12.8 Å². The van der Waals surface area contributed by atoms with Crippen LogP contribution in [0.5, 0.6) is 0 Å². The van der Waals surface area contributed by atoms with Gasteiger partial charge in [-0.15, -0.1) is 11.8 Å². The third kappa shape index (κ3) is 3.99. The molecule has 1 heterocycles. The van der Waals surface area contributed by atoms with Gasteiger partial charge in [-0.3, -0.25) is 9.69 Å². The summed E-state index contributed by atoms with van der Waals surface area (Å²) in [5.41, 5.74) is 1.71. The van der Waals surface area contributed by atoms with E-state index in [0.29, 0.717) is 11.3 Å². The van der Waals surface area contributed by atoms with Gasteiger partial charge < -0.3 is 10.1 Å². The largest absolute Gasteiger partial charge is 0.442 e. The summed E-state index contributed by atoms with van der Waals surface area (Å²) >= 11 is 1.63. The average molecular weight is 400 g/mol. The third-order valence-corrected chi connectivity index (χ3v) is 5.74. The fraction of sp³-hybridized carbons (Fsp3) is 0.333. The van der Waals surface area contributed by atoms with Crippen LogP contribution in [0.3, 0.4) is 0 Å². The minimum atomic E-state index is -0.526. The highest BCUT2D eigenvalue weighted by Crippen LogP contribution is 2.31. The van der Waals surface area contributed by atoms with Gasteiger partial charge in [-0.1, -0.05) is 12.1 Å². The van der Waals surface area contributed by atoms with Crippen LogP contribution in [0, 0.1) is 11.7 Å². The molecule has 0 spiro atoms. The molecule has 7 heteroatoms. The first-order valence-corrected chi connectivity index (χ1v) is 10.5. The van der Waals surface area contributed by atoms with Crippen molar-refractivity contribution in [3.8, 4) is 11.1 Å². The lowest BCUT2D eigenvalue weighted by molar-refractivity contribution is -0.122. The number of halogens is 1. The van der Waals surface area contributed by atoms with Crippen LogP contribution in [-0.4, -0.2) is 37.4 Å². The summed E-state index contributed by atoms with van der Waals surface area (Å²) in [5, 5.41) is 2.81. The maximum Gasteiger partial charge on any atom is 0.414 e. The fourth-order valence-electron chi connectivity index (χ4n) is 3.22. The lowest BCUT2D eigenvalue weighted by Crippen LogP contribution is -2.35. The van der Waals surface area contributed by atoms with Crippen molar-refractivity contribution < 1.29 is 18.7 Å². The predicted octanol–water partition coefficient (Wildman–Crippen LogP) is 4.07. The van der Waals surface area contributed by atoms with Crippen LogP contribution in [0.15, 0.2) is 47.4 Å². The van der Waals surface area contributed by atoms with Crippen molar-refractivity contribution in [2.75, 3.05) is 24.2 Å². The Balaban J connectivity index is 1.44. The van der Waals surface area contributed by atoms with Gasteiger partial charge in [-0.05, 0) is 55.0 Å². The van der Waals surface area contributed by atoms with Crippen LogP contribution >= 0.6 is 11.8 Å². The summed E-state index contributed by atoms with van der Waals surface area (Å²) in [7, 11) is 0. The Kier molecular flexibility index (Phi) is 5.26. The van der Waals surface area contributed by atoms with Gasteiger partial charge in [0.15, 0.2) is 0 Å². The second-order valence-corrected chi connectivity index (χ2v) is 7.91. The first-order chi connectivity index (χ1) is 13.5. The van der Waals surface area contributed by atoms with Crippen molar-refractivity contribution in [1.82, 2.24) is 5.32 Å². The number of nitrogens with zero attached hydrogens (tertiary/aromatic N) is 1. The molecule has 146 valence electrons.